The molecular formula is C22H31Cl2N3O2. The van der Waals surface area contributed by atoms with Gasteiger partial charge in [0.15, 0.2) is 0 Å². The summed E-state index contributed by atoms with van der Waals surface area (Å²) in [4.78, 5) is 16.6. The molecule has 2 aromatic rings. The number of carbonyl (C=O) groups is 1. The second kappa shape index (κ2) is 12.7. The third-order valence-electron chi connectivity index (χ3n) is 4.98. The van der Waals surface area contributed by atoms with E-state index in [0.29, 0.717) is 0 Å². The fourth-order valence-electron chi connectivity index (χ4n) is 3.58. The number of methoxy groups -OCH3 is 1. The first-order chi connectivity index (χ1) is 13.2. The van der Waals surface area contributed by atoms with Crippen LogP contribution in [0.15, 0.2) is 48.5 Å². The second-order valence-corrected chi connectivity index (χ2v) is 6.96. The summed E-state index contributed by atoms with van der Waals surface area (Å²) >= 11 is 0. The number of hydrogen-bond acceptors (Lipinski definition) is 4. The molecule has 0 bridgehead atoms. The number of nitrogens with one attached hydrogen (secondary N) is 1. The number of hydrogen-bond donors (Lipinski definition) is 1. The molecule has 1 N–H and O–H groups in total. The summed E-state index contributed by atoms with van der Waals surface area (Å²) in [5.74, 6) is 0.989. The van der Waals surface area contributed by atoms with Crippen molar-refractivity contribution in [3.63, 3.8) is 0 Å². The Morgan fingerprint density at radius 2 is 1.86 bits per heavy atom. The van der Waals surface area contributed by atoms with Crippen LogP contribution in [0.3, 0.4) is 0 Å². The van der Waals surface area contributed by atoms with Gasteiger partial charge in [0.2, 0.25) is 5.91 Å². The maximum atomic E-state index is 12.2. The molecule has 1 aliphatic heterocycles. The van der Waals surface area contributed by atoms with Crippen LogP contribution in [-0.2, 0) is 17.9 Å². The van der Waals surface area contributed by atoms with Crippen molar-refractivity contribution in [1.29, 1.82) is 0 Å². The zero-order valence-corrected chi connectivity index (χ0v) is 18.7. The molecule has 0 aliphatic carbocycles. The van der Waals surface area contributed by atoms with Crippen LogP contribution in [0.4, 0.5) is 5.69 Å². The van der Waals surface area contributed by atoms with E-state index in [-0.39, 0.29) is 30.7 Å². The quantitative estimate of drug-likeness (QED) is 0.787. The first kappa shape index (κ1) is 25.2. The number of fused-ring (bicyclic) bond motifs is 1. The number of para-hydroxylation sites is 1. The van der Waals surface area contributed by atoms with Crippen molar-refractivity contribution in [2.24, 2.45) is 0 Å². The highest BCUT2D eigenvalue weighted by molar-refractivity contribution is 5.92. The molecule has 7 heteroatoms. The Hall–Kier alpha value is -1.79. The van der Waals surface area contributed by atoms with Gasteiger partial charge in [-0.15, -0.1) is 24.8 Å². The van der Waals surface area contributed by atoms with Gasteiger partial charge in [0.05, 0.1) is 7.11 Å². The van der Waals surface area contributed by atoms with Gasteiger partial charge >= 0.3 is 0 Å². The summed E-state index contributed by atoms with van der Waals surface area (Å²) in [6.07, 6.45) is 0.942. The van der Waals surface area contributed by atoms with Gasteiger partial charge in [-0.2, -0.15) is 0 Å². The monoisotopic (exact) mass is 439 g/mol. The van der Waals surface area contributed by atoms with Crippen LogP contribution in [-0.4, -0.2) is 44.1 Å². The number of nitrogens with zero attached hydrogens (tertiary/aromatic N) is 2. The largest absolute Gasteiger partial charge is 0.497 e. The summed E-state index contributed by atoms with van der Waals surface area (Å²) < 4.78 is 5.34. The molecule has 1 aliphatic rings. The molecule has 1 amide bonds. The summed E-state index contributed by atoms with van der Waals surface area (Å²) in [6, 6.07) is 16.4. The van der Waals surface area contributed by atoms with Gasteiger partial charge in [-0.3, -0.25) is 9.69 Å². The van der Waals surface area contributed by atoms with Crippen molar-refractivity contribution in [1.82, 2.24) is 10.2 Å². The van der Waals surface area contributed by atoms with Crippen LogP contribution in [0.25, 0.3) is 0 Å². The van der Waals surface area contributed by atoms with Crippen molar-refractivity contribution in [2.45, 2.75) is 26.4 Å². The topological polar surface area (TPSA) is 44.8 Å². The lowest BCUT2D eigenvalue weighted by molar-refractivity contribution is -0.116. The molecule has 3 rings (SSSR count). The zero-order valence-electron chi connectivity index (χ0n) is 17.1. The standard InChI is InChI=1S/C22H29N3O2.2ClH/c1-18(26)25-13-6-12-24(17-19-7-5-9-21(15-19)27-2)14-11-23-16-20-8-3-4-10-22(20)25;;/h3-5,7-10,15,23H,6,11-14,16-17H2,1-2H3;2*1H. The average Bonchev–Trinajstić information content (AvgIpc) is 2.72. The van der Waals surface area contributed by atoms with Gasteiger partial charge < -0.3 is 15.0 Å². The van der Waals surface area contributed by atoms with Gasteiger partial charge in [0.1, 0.15) is 5.75 Å². The Morgan fingerprint density at radius 3 is 2.62 bits per heavy atom. The van der Waals surface area contributed by atoms with Crippen LogP contribution < -0.4 is 15.0 Å². The predicted octanol–water partition coefficient (Wildman–Crippen LogP) is 3.89. The Balaban J connectivity index is 0.00000210. The van der Waals surface area contributed by atoms with Gasteiger partial charge in [0.25, 0.3) is 0 Å². The fourth-order valence-corrected chi connectivity index (χ4v) is 3.58. The maximum Gasteiger partial charge on any atom is 0.223 e. The van der Waals surface area contributed by atoms with Crippen molar-refractivity contribution >= 4 is 36.4 Å². The zero-order chi connectivity index (χ0) is 19.1. The summed E-state index contributed by atoms with van der Waals surface area (Å²) in [7, 11) is 1.70. The number of ether oxygens (including phenoxy) is 1. The molecule has 5 nitrogen and oxygen atoms in total. The number of carbonyl (C=O) groups excluding carboxylic acids is 1. The van der Waals surface area contributed by atoms with E-state index < -0.39 is 0 Å². The number of rotatable bonds is 3. The highest BCUT2D eigenvalue weighted by Crippen LogP contribution is 2.22. The van der Waals surface area contributed by atoms with E-state index in [2.05, 4.69) is 28.4 Å². The number of amides is 1. The predicted molar refractivity (Wildman–Crippen MR) is 124 cm³/mol. The molecule has 0 fully saturated rings. The van der Waals surface area contributed by atoms with E-state index >= 15 is 0 Å². The molecular weight excluding hydrogens is 409 g/mol. The summed E-state index contributed by atoms with van der Waals surface area (Å²) in [5.41, 5.74) is 3.45. The van der Waals surface area contributed by atoms with Crippen LogP contribution in [0.5, 0.6) is 5.75 Å². The number of anilines is 1. The van der Waals surface area contributed by atoms with E-state index in [9.17, 15) is 4.79 Å². The van der Waals surface area contributed by atoms with Crippen LogP contribution in [0, 0.1) is 0 Å². The Labute approximate surface area is 186 Å². The lowest BCUT2D eigenvalue weighted by atomic mass is 10.1. The van der Waals surface area contributed by atoms with Gasteiger partial charge in [-0.05, 0) is 35.7 Å². The van der Waals surface area contributed by atoms with Gasteiger partial charge in [-0.25, -0.2) is 0 Å². The number of benzene rings is 2. The van der Waals surface area contributed by atoms with E-state index in [1.807, 2.05) is 35.2 Å². The van der Waals surface area contributed by atoms with Gasteiger partial charge in [-0.1, -0.05) is 30.3 Å². The minimum atomic E-state index is 0. The second-order valence-electron chi connectivity index (χ2n) is 6.96. The van der Waals surface area contributed by atoms with E-state index in [4.69, 9.17) is 4.74 Å². The van der Waals surface area contributed by atoms with E-state index in [1.54, 1.807) is 14.0 Å². The normalized spacial score (nSPS) is 15.2. The maximum absolute atomic E-state index is 12.2. The molecule has 29 heavy (non-hydrogen) atoms. The molecule has 0 unspecified atom stereocenters. The lowest BCUT2D eigenvalue weighted by Crippen LogP contribution is -2.34. The smallest absolute Gasteiger partial charge is 0.223 e. The Bertz CT molecular complexity index is 773. The minimum Gasteiger partial charge on any atom is -0.497 e. The minimum absolute atomic E-state index is 0. The molecule has 0 spiro atoms. The fraction of sp³-hybridized carbons (Fsp3) is 0.409. The lowest BCUT2D eigenvalue weighted by Gasteiger charge is -2.25. The van der Waals surface area contributed by atoms with Crippen LogP contribution in [0.2, 0.25) is 0 Å². The molecule has 160 valence electrons. The summed E-state index contributed by atoms with van der Waals surface area (Å²) in [6.45, 7) is 6.88. The van der Waals surface area contributed by atoms with Crippen LogP contribution in [0.1, 0.15) is 24.5 Å². The molecule has 2 aromatic carbocycles. The third-order valence-corrected chi connectivity index (χ3v) is 4.98. The molecule has 1 heterocycles. The molecule has 0 saturated carbocycles. The molecule has 0 atom stereocenters. The van der Waals surface area contributed by atoms with Crippen molar-refractivity contribution in [3.05, 3.63) is 59.7 Å². The van der Waals surface area contributed by atoms with E-state index in [0.717, 1.165) is 57.1 Å². The Kier molecular flexibility index (Phi) is 11.1. The first-order valence-corrected chi connectivity index (χ1v) is 9.59. The third kappa shape index (κ3) is 7.19. The molecule has 0 radical (unpaired) electrons. The van der Waals surface area contributed by atoms with E-state index in [1.165, 1.54) is 11.1 Å². The highest BCUT2D eigenvalue weighted by Gasteiger charge is 2.17. The molecule has 0 aromatic heterocycles. The van der Waals surface area contributed by atoms with Crippen LogP contribution >= 0.6 is 24.8 Å². The SMILES string of the molecule is COc1cccc(CN2CCCN(C(C)=O)c3ccccc3CNCC2)c1.Cl.Cl. The van der Waals surface area contributed by atoms with Crippen molar-refractivity contribution in [3.8, 4) is 5.75 Å². The highest BCUT2D eigenvalue weighted by atomic mass is 35.5. The van der Waals surface area contributed by atoms with Crippen molar-refractivity contribution < 1.29 is 9.53 Å². The van der Waals surface area contributed by atoms with Crippen molar-refractivity contribution in [2.75, 3.05) is 38.2 Å². The Morgan fingerprint density at radius 1 is 1.07 bits per heavy atom. The molecule has 0 saturated heterocycles. The van der Waals surface area contributed by atoms with Gasteiger partial charge in [0, 0.05) is 51.9 Å². The average molecular weight is 440 g/mol. The first-order valence-electron chi connectivity index (χ1n) is 9.59. The number of halogens is 2. The summed E-state index contributed by atoms with van der Waals surface area (Å²) in [5, 5.41) is 3.53.